The summed E-state index contributed by atoms with van der Waals surface area (Å²) < 4.78 is 6.78. The lowest BCUT2D eigenvalue weighted by Gasteiger charge is -2.29. The zero-order valence-electron chi connectivity index (χ0n) is 20.9. The number of methoxy groups -OCH3 is 1. The van der Waals surface area contributed by atoms with Crippen molar-refractivity contribution < 1.29 is 34.8 Å². The van der Waals surface area contributed by atoms with Crippen molar-refractivity contribution >= 4 is 43.7 Å². The maximum Gasteiger partial charge on any atom is 0.252 e. The Morgan fingerprint density at radius 3 is 2.33 bits per heavy atom. The highest BCUT2D eigenvalue weighted by Crippen LogP contribution is 2.23. The Morgan fingerprint density at radius 1 is 1.17 bits per heavy atom. The Kier molecular flexibility index (Phi) is 11.5. The van der Waals surface area contributed by atoms with Gasteiger partial charge in [0, 0.05) is 29.1 Å². The molecule has 5 N–H and O–H groups in total. The van der Waals surface area contributed by atoms with Crippen LogP contribution in [0.4, 0.5) is 0 Å². The predicted octanol–water partition coefficient (Wildman–Crippen LogP) is 1.88. The number of nitrogens with one attached hydrogen (secondary N) is 1. The number of β-amino-alcohol motifs (C(OH)–C–C–N with tert-alkyl or cyclic N) is 1. The summed E-state index contributed by atoms with van der Waals surface area (Å²) in [6.45, 7) is 6.05. The van der Waals surface area contributed by atoms with E-state index < -0.39 is 42.5 Å². The number of nitrogens with zero attached hydrogens (tertiary/aromatic N) is 1. The molecule has 202 valence electrons. The number of aliphatic hydroxyl groups excluding tert-OH is 4. The molecule has 1 aromatic rings. The minimum absolute atomic E-state index is 0.108. The van der Waals surface area contributed by atoms with Gasteiger partial charge in [0.05, 0.1) is 6.10 Å². The summed E-state index contributed by atoms with van der Waals surface area (Å²) >= 11 is 6.85. The number of amides is 2. The Morgan fingerprint density at radius 2 is 1.78 bits per heavy atom. The average Bonchev–Trinajstić information content (AvgIpc) is 2.89. The monoisotopic (exact) mass is 634 g/mol. The fraction of sp³-hybridized carbons (Fsp3) is 0.600. The van der Waals surface area contributed by atoms with Gasteiger partial charge >= 0.3 is 0 Å². The minimum Gasteiger partial charge on any atom is -0.391 e. The fourth-order valence-corrected chi connectivity index (χ4v) is 5.26. The van der Waals surface area contributed by atoms with Gasteiger partial charge in [0.2, 0.25) is 5.91 Å². The van der Waals surface area contributed by atoms with Gasteiger partial charge in [-0.3, -0.25) is 9.59 Å². The highest BCUT2D eigenvalue weighted by molar-refractivity contribution is 9.11. The lowest BCUT2D eigenvalue weighted by Crippen LogP contribution is -2.55. The van der Waals surface area contributed by atoms with Crippen LogP contribution in [0.2, 0.25) is 0 Å². The van der Waals surface area contributed by atoms with Crippen molar-refractivity contribution in [2.24, 2.45) is 5.41 Å². The minimum atomic E-state index is -1.75. The van der Waals surface area contributed by atoms with Gasteiger partial charge in [-0.1, -0.05) is 64.8 Å². The van der Waals surface area contributed by atoms with E-state index in [0.717, 1.165) is 14.5 Å². The Balaban J connectivity index is 2.13. The van der Waals surface area contributed by atoms with Crippen LogP contribution >= 0.6 is 31.9 Å². The zero-order valence-corrected chi connectivity index (χ0v) is 24.1. The van der Waals surface area contributed by atoms with Gasteiger partial charge in [0.25, 0.3) is 5.91 Å². The number of hydrogen-bond acceptors (Lipinski definition) is 7. The van der Waals surface area contributed by atoms with Crippen molar-refractivity contribution in [3.8, 4) is 0 Å². The molecule has 1 aliphatic heterocycles. The van der Waals surface area contributed by atoms with Crippen molar-refractivity contribution in [3.63, 3.8) is 0 Å². The molecular weight excluding hydrogens is 600 g/mol. The van der Waals surface area contributed by atoms with E-state index in [0.29, 0.717) is 0 Å². The first kappa shape index (κ1) is 30.9. The molecule has 11 heteroatoms. The van der Waals surface area contributed by atoms with Crippen molar-refractivity contribution in [2.75, 3.05) is 13.7 Å². The van der Waals surface area contributed by atoms with E-state index in [-0.39, 0.29) is 37.3 Å². The molecule has 1 aromatic carbocycles. The molecule has 0 radical (unpaired) electrons. The lowest BCUT2D eigenvalue weighted by molar-refractivity contribution is -0.151. The first-order chi connectivity index (χ1) is 16.7. The summed E-state index contributed by atoms with van der Waals surface area (Å²) in [5, 5.41) is 44.1. The number of rotatable bonds is 9. The van der Waals surface area contributed by atoms with Gasteiger partial charge in [-0.05, 0) is 42.0 Å². The second-order valence-electron chi connectivity index (χ2n) is 10.1. The highest BCUT2D eigenvalue weighted by Gasteiger charge is 2.38. The molecule has 0 unspecified atom stereocenters. The number of halogens is 2. The molecule has 0 aromatic heterocycles. The maximum absolute atomic E-state index is 13.3. The van der Waals surface area contributed by atoms with E-state index in [9.17, 15) is 30.0 Å². The van der Waals surface area contributed by atoms with Crippen LogP contribution in [-0.2, 0) is 20.9 Å². The summed E-state index contributed by atoms with van der Waals surface area (Å²) in [6.07, 6.45) is -3.66. The van der Waals surface area contributed by atoms with Gasteiger partial charge < -0.3 is 35.4 Å². The molecule has 1 fully saturated rings. The highest BCUT2D eigenvalue weighted by atomic mass is 79.9. The molecular formula is C25H36Br2N2O7. The number of ether oxygens (including phenoxy) is 1. The topological polar surface area (TPSA) is 140 Å². The molecule has 2 rings (SSSR count). The number of likely N-dealkylation sites (tertiary alicyclic amines) is 1. The number of hydrogen-bond donors (Lipinski definition) is 5. The molecule has 9 nitrogen and oxygen atoms in total. The average molecular weight is 636 g/mol. The molecule has 6 atom stereocenters. The van der Waals surface area contributed by atoms with Gasteiger partial charge in [0.1, 0.15) is 24.4 Å². The first-order valence-electron chi connectivity index (χ1n) is 11.7. The van der Waals surface area contributed by atoms with Crippen molar-refractivity contribution in [3.05, 3.63) is 44.9 Å². The molecule has 0 spiro atoms. The molecule has 2 amide bonds. The van der Waals surface area contributed by atoms with E-state index in [1.54, 1.807) is 6.08 Å². The number of carbonyl (C=O) groups is 2. The third kappa shape index (κ3) is 9.20. The van der Waals surface area contributed by atoms with E-state index in [2.05, 4.69) is 37.2 Å². The molecule has 0 saturated carbocycles. The Bertz CT molecular complexity index is 917. The fourth-order valence-electron chi connectivity index (χ4n) is 3.88. The summed E-state index contributed by atoms with van der Waals surface area (Å²) in [6, 6.07) is 4.63. The van der Waals surface area contributed by atoms with Crippen molar-refractivity contribution in [1.82, 2.24) is 10.2 Å². The summed E-state index contributed by atoms with van der Waals surface area (Å²) in [5.74, 6) is -1.19. The SMILES string of the molecule is CO[C@@H](C(=O)N[C@H]1CC[C@@H](O)CN(Cc2cc(Br)cc(Br)c2)C1=O)[C@H](O)[C@@H](O)[C@H](O)/C=C/C(C)(C)C. The van der Waals surface area contributed by atoms with Gasteiger partial charge in [-0.25, -0.2) is 0 Å². The van der Waals surface area contributed by atoms with Crippen LogP contribution in [-0.4, -0.2) is 87.4 Å². The second kappa shape index (κ2) is 13.5. The summed E-state index contributed by atoms with van der Waals surface area (Å²) in [4.78, 5) is 27.7. The first-order valence-corrected chi connectivity index (χ1v) is 13.3. The summed E-state index contributed by atoms with van der Waals surface area (Å²) in [5.41, 5.74) is 0.570. The molecule has 1 heterocycles. The van der Waals surface area contributed by atoms with E-state index in [1.807, 2.05) is 39.0 Å². The molecule has 0 aliphatic carbocycles. The Labute approximate surface area is 228 Å². The molecule has 0 bridgehead atoms. The standard InChI is InChI=1S/C25H36Br2N2O7/c1-25(2,3)8-7-19(31)20(32)21(33)22(36-4)23(34)28-18-6-5-17(30)13-29(24(18)35)12-14-9-15(26)11-16(27)10-14/h7-11,17-22,30-33H,5-6,12-13H2,1-4H3,(H,28,34)/b8-7+/t17-,18+,19-,20+,21-,22-/m1/s1. The largest absolute Gasteiger partial charge is 0.391 e. The third-order valence-corrected chi connectivity index (χ3v) is 6.67. The van der Waals surface area contributed by atoms with Crippen LogP contribution in [0.5, 0.6) is 0 Å². The molecule has 1 aliphatic rings. The predicted molar refractivity (Wildman–Crippen MR) is 142 cm³/mol. The third-order valence-electron chi connectivity index (χ3n) is 5.76. The van der Waals surface area contributed by atoms with Gasteiger partial charge in [0.15, 0.2) is 6.10 Å². The van der Waals surface area contributed by atoms with Crippen LogP contribution in [0.3, 0.4) is 0 Å². The van der Waals surface area contributed by atoms with Gasteiger partial charge in [-0.15, -0.1) is 0 Å². The van der Waals surface area contributed by atoms with Crippen molar-refractivity contribution in [2.45, 2.75) is 76.7 Å². The summed E-state index contributed by atoms with van der Waals surface area (Å²) in [7, 11) is 1.19. The normalized spacial score (nSPS) is 22.7. The van der Waals surface area contributed by atoms with Crippen LogP contribution in [0.25, 0.3) is 0 Å². The lowest BCUT2D eigenvalue weighted by atomic mass is 9.94. The maximum atomic E-state index is 13.3. The second-order valence-corrected chi connectivity index (χ2v) is 12.0. The van der Waals surface area contributed by atoms with Crippen LogP contribution in [0.15, 0.2) is 39.3 Å². The smallest absolute Gasteiger partial charge is 0.252 e. The zero-order chi connectivity index (χ0) is 27.2. The van der Waals surface area contributed by atoms with Crippen LogP contribution < -0.4 is 5.32 Å². The van der Waals surface area contributed by atoms with Gasteiger partial charge in [-0.2, -0.15) is 0 Å². The number of benzene rings is 1. The number of allylic oxidation sites excluding steroid dienone is 1. The van der Waals surface area contributed by atoms with E-state index in [4.69, 9.17) is 4.74 Å². The van der Waals surface area contributed by atoms with E-state index in [1.165, 1.54) is 18.1 Å². The molecule has 1 saturated heterocycles. The van der Waals surface area contributed by atoms with Crippen molar-refractivity contribution in [1.29, 1.82) is 0 Å². The Hall–Kier alpha value is -1.34. The number of carbonyl (C=O) groups excluding carboxylic acids is 2. The quantitative estimate of drug-likeness (QED) is 0.261. The van der Waals surface area contributed by atoms with E-state index >= 15 is 0 Å². The molecule has 36 heavy (non-hydrogen) atoms. The van der Waals surface area contributed by atoms with Crippen LogP contribution in [0.1, 0.15) is 39.2 Å². The van der Waals surface area contributed by atoms with Crippen LogP contribution in [0, 0.1) is 5.41 Å². The number of aliphatic hydroxyl groups is 4.